The number of amides is 1. The average Bonchev–Trinajstić information content (AvgIpc) is 2.88. The summed E-state index contributed by atoms with van der Waals surface area (Å²) < 4.78 is 38.5. The molecule has 0 saturated carbocycles. The summed E-state index contributed by atoms with van der Waals surface area (Å²) in [5, 5.41) is 0. The number of hydrogen-bond donors (Lipinski definition) is 1. The third-order valence-electron chi connectivity index (χ3n) is 3.51. The number of likely N-dealkylation sites (tertiary alicyclic amines) is 1. The number of sulfonamides is 1. The minimum Gasteiger partial charge on any atom is -0.341 e. The van der Waals surface area contributed by atoms with Crippen LogP contribution in [0.15, 0.2) is 24.3 Å². The highest BCUT2D eigenvalue weighted by atomic mass is 32.2. The van der Waals surface area contributed by atoms with Gasteiger partial charge in [-0.2, -0.15) is 0 Å². The molecule has 1 fully saturated rings. The molecule has 1 heterocycles. The van der Waals surface area contributed by atoms with Crippen LogP contribution in [0.3, 0.4) is 0 Å². The van der Waals surface area contributed by atoms with Crippen LogP contribution in [0.1, 0.15) is 17.9 Å². The first-order valence-electron chi connectivity index (χ1n) is 6.36. The summed E-state index contributed by atoms with van der Waals surface area (Å²) in [5.74, 6) is -1.36. The number of carbonyl (C=O) groups is 1. The third kappa shape index (κ3) is 3.34. The predicted molar refractivity (Wildman–Crippen MR) is 73.2 cm³/mol. The summed E-state index contributed by atoms with van der Waals surface area (Å²) in [6, 6.07) is 6.48. The van der Waals surface area contributed by atoms with Gasteiger partial charge in [0.05, 0.1) is 0 Å². The Bertz CT molecular complexity index is 603. The fraction of sp³-hybridized carbons (Fsp3) is 0.462. The van der Waals surface area contributed by atoms with E-state index in [0.717, 1.165) is 0 Å². The van der Waals surface area contributed by atoms with Crippen LogP contribution in [0.5, 0.6) is 0 Å². The van der Waals surface area contributed by atoms with E-state index in [2.05, 4.69) is 4.72 Å². The quantitative estimate of drug-likeness (QED) is 0.890. The van der Waals surface area contributed by atoms with Crippen LogP contribution in [0.25, 0.3) is 0 Å². The molecular formula is C13H17FN2O3S. The molecule has 2 rings (SSSR count). The smallest absolute Gasteiger partial charge is 0.239 e. The summed E-state index contributed by atoms with van der Waals surface area (Å²) in [6.45, 7) is 0.816. The highest BCUT2D eigenvalue weighted by Gasteiger charge is 2.30. The highest BCUT2D eigenvalue weighted by molar-refractivity contribution is 7.90. The largest absolute Gasteiger partial charge is 0.341 e. The molecule has 7 heteroatoms. The molecule has 1 aliphatic heterocycles. The van der Waals surface area contributed by atoms with Crippen LogP contribution in [0, 0.1) is 5.82 Å². The van der Waals surface area contributed by atoms with Crippen LogP contribution in [-0.4, -0.2) is 45.1 Å². The number of benzene rings is 1. The van der Waals surface area contributed by atoms with Crippen LogP contribution >= 0.6 is 0 Å². The minimum absolute atomic E-state index is 0.0718. The molecule has 1 atom stereocenters. The summed E-state index contributed by atoms with van der Waals surface area (Å²) >= 11 is 0. The zero-order valence-electron chi connectivity index (χ0n) is 11.2. The maximum atomic E-state index is 13.7. The standard InChI is InChI=1S/C13H17FN2O3S/c1-15-20(18,19)9-13(17)16-7-6-10(8-16)11-4-2-3-5-12(11)14/h2-5,10,15H,6-9H2,1H3. The molecule has 1 N–H and O–H groups in total. The Balaban J connectivity index is 2.03. The summed E-state index contributed by atoms with van der Waals surface area (Å²) in [7, 11) is -2.29. The Morgan fingerprint density at radius 3 is 2.80 bits per heavy atom. The van der Waals surface area contributed by atoms with E-state index in [0.29, 0.717) is 25.1 Å². The van der Waals surface area contributed by atoms with Crippen molar-refractivity contribution in [3.8, 4) is 0 Å². The maximum absolute atomic E-state index is 13.7. The van der Waals surface area contributed by atoms with Gasteiger partial charge in [0.2, 0.25) is 15.9 Å². The summed E-state index contributed by atoms with van der Waals surface area (Å²) in [5.41, 5.74) is 0.583. The second kappa shape index (κ2) is 5.88. The van der Waals surface area contributed by atoms with Gasteiger partial charge in [-0.25, -0.2) is 17.5 Å². The van der Waals surface area contributed by atoms with Gasteiger partial charge in [-0.15, -0.1) is 0 Å². The molecule has 1 aromatic carbocycles. The summed E-state index contributed by atoms with van der Waals surface area (Å²) in [6.07, 6.45) is 0.645. The lowest BCUT2D eigenvalue weighted by molar-refractivity contribution is -0.127. The minimum atomic E-state index is -3.56. The predicted octanol–water partition coefficient (Wildman–Crippen LogP) is 0.691. The lowest BCUT2D eigenvalue weighted by atomic mass is 9.98. The van der Waals surface area contributed by atoms with Gasteiger partial charge in [-0.1, -0.05) is 18.2 Å². The van der Waals surface area contributed by atoms with Crippen LogP contribution < -0.4 is 4.72 Å². The molecule has 5 nitrogen and oxygen atoms in total. The Morgan fingerprint density at radius 1 is 1.45 bits per heavy atom. The van der Waals surface area contributed by atoms with E-state index in [9.17, 15) is 17.6 Å². The lowest BCUT2D eigenvalue weighted by Crippen LogP contribution is -2.37. The van der Waals surface area contributed by atoms with Crippen molar-refractivity contribution < 1.29 is 17.6 Å². The van der Waals surface area contributed by atoms with Gasteiger partial charge < -0.3 is 4.90 Å². The molecule has 1 unspecified atom stereocenters. The highest BCUT2D eigenvalue weighted by Crippen LogP contribution is 2.28. The van der Waals surface area contributed by atoms with E-state index in [1.807, 2.05) is 0 Å². The first-order valence-corrected chi connectivity index (χ1v) is 8.01. The van der Waals surface area contributed by atoms with Crippen molar-refractivity contribution >= 4 is 15.9 Å². The van der Waals surface area contributed by atoms with Gasteiger partial charge in [-0.3, -0.25) is 4.79 Å². The Hall–Kier alpha value is -1.47. The number of halogens is 1. The number of nitrogens with one attached hydrogen (secondary N) is 1. The van der Waals surface area contributed by atoms with Crippen molar-refractivity contribution in [3.05, 3.63) is 35.6 Å². The van der Waals surface area contributed by atoms with Crippen molar-refractivity contribution in [2.24, 2.45) is 0 Å². The second-order valence-corrected chi connectivity index (χ2v) is 6.74. The van der Waals surface area contributed by atoms with Crippen LogP contribution in [-0.2, 0) is 14.8 Å². The number of rotatable bonds is 4. The molecule has 0 radical (unpaired) electrons. The van der Waals surface area contributed by atoms with E-state index >= 15 is 0 Å². The van der Waals surface area contributed by atoms with Gasteiger partial charge >= 0.3 is 0 Å². The lowest BCUT2D eigenvalue weighted by Gasteiger charge is -2.16. The van der Waals surface area contributed by atoms with E-state index in [-0.39, 0.29) is 11.7 Å². The van der Waals surface area contributed by atoms with E-state index in [1.165, 1.54) is 18.0 Å². The molecule has 110 valence electrons. The molecule has 1 aliphatic rings. The fourth-order valence-electron chi connectivity index (χ4n) is 2.37. The summed E-state index contributed by atoms with van der Waals surface area (Å²) in [4.78, 5) is 13.4. The van der Waals surface area contributed by atoms with Gasteiger partial charge in [0.15, 0.2) is 0 Å². The molecule has 0 aromatic heterocycles. The Labute approximate surface area is 117 Å². The molecule has 0 aliphatic carbocycles. The van der Waals surface area contributed by atoms with Gasteiger partial charge in [0, 0.05) is 19.0 Å². The zero-order valence-corrected chi connectivity index (χ0v) is 12.0. The monoisotopic (exact) mass is 300 g/mol. The molecule has 1 saturated heterocycles. The van der Waals surface area contributed by atoms with Crippen molar-refractivity contribution in [1.82, 2.24) is 9.62 Å². The van der Waals surface area contributed by atoms with Crippen molar-refractivity contribution in [1.29, 1.82) is 0 Å². The molecular weight excluding hydrogens is 283 g/mol. The Kier molecular flexibility index (Phi) is 4.39. The number of hydrogen-bond acceptors (Lipinski definition) is 3. The Morgan fingerprint density at radius 2 is 2.15 bits per heavy atom. The van der Waals surface area contributed by atoms with Gasteiger partial charge in [0.1, 0.15) is 11.6 Å². The van der Waals surface area contributed by atoms with E-state index in [4.69, 9.17) is 0 Å². The number of nitrogens with zero attached hydrogens (tertiary/aromatic N) is 1. The van der Waals surface area contributed by atoms with Crippen molar-refractivity contribution in [2.45, 2.75) is 12.3 Å². The van der Waals surface area contributed by atoms with Crippen molar-refractivity contribution in [3.63, 3.8) is 0 Å². The first kappa shape index (κ1) is 14.9. The van der Waals surface area contributed by atoms with Crippen LogP contribution in [0.4, 0.5) is 4.39 Å². The zero-order chi connectivity index (χ0) is 14.8. The topological polar surface area (TPSA) is 66.5 Å². The molecule has 0 spiro atoms. The third-order valence-corrected chi connectivity index (χ3v) is 4.76. The van der Waals surface area contributed by atoms with E-state index in [1.54, 1.807) is 18.2 Å². The van der Waals surface area contributed by atoms with Crippen molar-refractivity contribution in [2.75, 3.05) is 25.9 Å². The maximum Gasteiger partial charge on any atom is 0.239 e. The normalized spacial score (nSPS) is 19.3. The average molecular weight is 300 g/mol. The molecule has 20 heavy (non-hydrogen) atoms. The second-order valence-electron chi connectivity index (χ2n) is 4.81. The number of carbonyl (C=O) groups excluding carboxylic acids is 1. The SMILES string of the molecule is CNS(=O)(=O)CC(=O)N1CCC(c2ccccc2F)C1. The van der Waals surface area contributed by atoms with Gasteiger partial charge in [0.25, 0.3) is 0 Å². The van der Waals surface area contributed by atoms with Gasteiger partial charge in [-0.05, 0) is 25.1 Å². The van der Waals surface area contributed by atoms with Crippen LogP contribution in [0.2, 0.25) is 0 Å². The fourth-order valence-corrected chi connectivity index (χ4v) is 3.02. The van der Waals surface area contributed by atoms with E-state index < -0.39 is 21.7 Å². The molecule has 0 bridgehead atoms. The first-order chi connectivity index (χ1) is 9.43. The molecule has 1 amide bonds. The molecule has 1 aromatic rings.